The Bertz CT molecular complexity index is 419. The zero-order valence-electron chi connectivity index (χ0n) is 11.8. The molecule has 0 saturated heterocycles. The number of hydrogen-bond acceptors (Lipinski definition) is 1. The van der Waals surface area contributed by atoms with Gasteiger partial charge in [0, 0.05) is 6.04 Å². The molecule has 106 valence electrons. The zero-order valence-corrected chi connectivity index (χ0v) is 11.8. The van der Waals surface area contributed by atoms with Gasteiger partial charge in [0.15, 0.2) is 11.6 Å². The van der Waals surface area contributed by atoms with Gasteiger partial charge >= 0.3 is 0 Å². The third kappa shape index (κ3) is 3.33. The molecule has 0 radical (unpaired) electrons. The fourth-order valence-electron chi connectivity index (χ4n) is 3.35. The lowest BCUT2D eigenvalue weighted by Gasteiger charge is -2.28. The van der Waals surface area contributed by atoms with Gasteiger partial charge in [0.1, 0.15) is 0 Å². The van der Waals surface area contributed by atoms with Crippen LogP contribution < -0.4 is 5.32 Å². The number of benzene rings is 1. The first-order valence-electron chi connectivity index (χ1n) is 7.29. The van der Waals surface area contributed by atoms with Crippen LogP contribution >= 0.6 is 0 Å². The van der Waals surface area contributed by atoms with E-state index in [1.807, 2.05) is 0 Å². The van der Waals surface area contributed by atoms with Gasteiger partial charge in [0.2, 0.25) is 0 Å². The Balaban J connectivity index is 2.14. The predicted molar refractivity (Wildman–Crippen MR) is 74.0 cm³/mol. The van der Waals surface area contributed by atoms with Crippen molar-refractivity contribution < 1.29 is 8.78 Å². The molecule has 0 heterocycles. The molecule has 1 N–H and O–H groups in total. The van der Waals surface area contributed by atoms with Crippen molar-refractivity contribution >= 4 is 0 Å². The highest BCUT2D eigenvalue weighted by atomic mass is 19.2. The monoisotopic (exact) mass is 267 g/mol. The lowest BCUT2D eigenvalue weighted by Crippen LogP contribution is -2.39. The minimum absolute atomic E-state index is 0.249. The highest BCUT2D eigenvalue weighted by molar-refractivity contribution is 5.20. The molecular weight excluding hydrogens is 244 g/mol. The molecule has 1 fully saturated rings. The van der Waals surface area contributed by atoms with E-state index in [2.05, 4.69) is 19.2 Å². The Hall–Kier alpha value is -0.960. The third-order valence-corrected chi connectivity index (χ3v) is 4.38. The molecule has 1 saturated carbocycles. The van der Waals surface area contributed by atoms with Gasteiger partial charge in [-0.15, -0.1) is 0 Å². The first-order chi connectivity index (χ1) is 9.13. The van der Waals surface area contributed by atoms with Crippen LogP contribution in [0.25, 0.3) is 0 Å². The maximum Gasteiger partial charge on any atom is 0.162 e. The summed E-state index contributed by atoms with van der Waals surface area (Å²) in [5.74, 6) is -0.188. The van der Waals surface area contributed by atoms with Crippen molar-refractivity contribution in [2.75, 3.05) is 6.54 Å². The number of nitrogens with one attached hydrogen (secondary N) is 1. The average Bonchev–Trinajstić information content (AvgIpc) is 2.80. The number of likely N-dealkylation sites (N-methyl/N-ethyl adjacent to an activating group) is 1. The average molecular weight is 267 g/mol. The smallest absolute Gasteiger partial charge is 0.162 e. The van der Waals surface area contributed by atoms with Crippen LogP contribution in [0, 0.1) is 23.5 Å². The summed E-state index contributed by atoms with van der Waals surface area (Å²) in [7, 11) is 0. The normalized spacial score (nSPS) is 24.6. The molecule has 0 bridgehead atoms. The molecule has 2 rings (SSSR count). The van der Waals surface area contributed by atoms with Gasteiger partial charge < -0.3 is 5.32 Å². The van der Waals surface area contributed by atoms with Crippen LogP contribution in [0.3, 0.4) is 0 Å². The van der Waals surface area contributed by atoms with E-state index in [-0.39, 0.29) is 6.04 Å². The van der Waals surface area contributed by atoms with Crippen LogP contribution in [0.4, 0.5) is 8.78 Å². The summed E-state index contributed by atoms with van der Waals surface area (Å²) < 4.78 is 27.1. The second-order valence-electron chi connectivity index (χ2n) is 5.65. The van der Waals surface area contributed by atoms with E-state index in [0.717, 1.165) is 6.54 Å². The van der Waals surface area contributed by atoms with Gasteiger partial charge in [-0.25, -0.2) is 8.78 Å². The molecule has 0 amide bonds. The minimum Gasteiger partial charge on any atom is -0.314 e. The molecule has 3 unspecified atom stereocenters. The number of rotatable bonds is 5. The van der Waals surface area contributed by atoms with E-state index < -0.39 is 11.6 Å². The summed E-state index contributed by atoms with van der Waals surface area (Å²) >= 11 is 0. The molecule has 19 heavy (non-hydrogen) atoms. The van der Waals surface area contributed by atoms with E-state index >= 15 is 0 Å². The second kappa shape index (κ2) is 6.47. The molecule has 3 heteroatoms. The first kappa shape index (κ1) is 14.4. The lowest BCUT2D eigenvalue weighted by atomic mass is 9.86. The van der Waals surface area contributed by atoms with Crippen molar-refractivity contribution in [3.63, 3.8) is 0 Å². The van der Waals surface area contributed by atoms with Gasteiger partial charge in [-0.1, -0.05) is 38.8 Å². The molecule has 0 aromatic heterocycles. The summed E-state index contributed by atoms with van der Waals surface area (Å²) in [5.41, 5.74) is 0.491. The Kier molecular flexibility index (Phi) is 4.92. The Morgan fingerprint density at radius 1 is 1.32 bits per heavy atom. The Morgan fingerprint density at radius 2 is 2.11 bits per heavy atom. The van der Waals surface area contributed by atoms with Gasteiger partial charge in [-0.2, -0.15) is 0 Å². The summed E-state index contributed by atoms with van der Waals surface area (Å²) in [6.07, 6.45) is 4.26. The summed E-state index contributed by atoms with van der Waals surface area (Å²) in [6, 6.07) is 4.72. The highest BCUT2D eigenvalue weighted by Crippen LogP contribution is 2.35. The molecule has 1 nitrogen and oxygen atoms in total. The van der Waals surface area contributed by atoms with E-state index in [1.165, 1.54) is 25.3 Å². The van der Waals surface area contributed by atoms with E-state index in [4.69, 9.17) is 0 Å². The molecule has 0 aliphatic heterocycles. The predicted octanol–water partition coefficient (Wildman–Crippen LogP) is 3.92. The second-order valence-corrected chi connectivity index (χ2v) is 5.65. The molecule has 0 spiro atoms. The largest absolute Gasteiger partial charge is 0.314 e. The standard InChI is InChI=1S/C16H23F2N/c1-3-19-15(13-8-4-6-11(13)2)10-12-7-5-9-14(17)16(12)18/h5,7,9,11,13,15,19H,3-4,6,8,10H2,1-2H3. The quantitative estimate of drug-likeness (QED) is 0.852. The van der Waals surface area contributed by atoms with Gasteiger partial charge in [0.05, 0.1) is 0 Å². The zero-order chi connectivity index (χ0) is 13.8. The van der Waals surface area contributed by atoms with Gasteiger partial charge in [-0.05, 0) is 42.9 Å². The van der Waals surface area contributed by atoms with Crippen LogP contribution in [0.1, 0.15) is 38.7 Å². The maximum atomic E-state index is 13.8. The lowest BCUT2D eigenvalue weighted by molar-refractivity contribution is 0.296. The third-order valence-electron chi connectivity index (χ3n) is 4.38. The van der Waals surface area contributed by atoms with Crippen LogP contribution in [0.15, 0.2) is 18.2 Å². The number of hydrogen-bond donors (Lipinski definition) is 1. The van der Waals surface area contributed by atoms with Crippen molar-refractivity contribution in [1.29, 1.82) is 0 Å². The molecular formula is C16H23F2N. The molecule has 1 aromatic carbocycles. The summed E-state index contributed by atoms with van der Waals surface area (Å²) in [6.45, 7) is 5.20. The van der Waals surface area contributed by atoms with Crippen LogP contribution in [0.2, 0.25) is 0 Å². The summed E-state index contributed by atoms with van der Waals surface area (Å²) in [5, 5.41) is 3.46. The Morgan fingerprint density at radius 3 is 2.74 bits per heavy atom. The minimum atomic E-state index is -0.743. The van der Waals surface area contributed by atoms with E-state index in [1.54, 1.807) is 12.1 Å². The van der Waals surface area contributed by atoms with Gasteiger partial charge in [-0.3, -0.25) is 0 Å². The van der Waals surface area contributed by atoms with Crippen molar-refractivity contribution in [1.82, 2.24) is 5.32 Å². The molecule has 1 aliphatic carbocycles. The fourth-order valence-corrected chi connectivity index (χ4v) is 3.35. The topological polar surface area (TPSA) is 12.0 Å². The fraction of sp³-hybridized carbons (Fsp3) is 0.625. The molecule has 1 aliphatic rings. The van der Waals surface area contributed by atoms with Crippen LogP contribution in [-0.2, 0) is 6.42 Å². The molecule has 1 aromatic rings. The van der Waals surface area contributed by atoms with E-state index in [9.17, 15) is 8.78 Å². The summed E-state index contributed by atoms with van der Waals surface area (Å²) in [4.78, 5) is 0. The Labute approximate surface area is 114 Å². The maximum absolute atomic E-state index is 13.8. The van der Waals surface area contributed by atoms with Crippen molar-refractivity contribution in [2.45, 2.75) is 45.6 Å². The number of halogens is 2. The van der Waals surface area contributed by atoms with Crippen molar-refractivity contribution in [3.05, 3.63) is 35.4 Å². The SMILES string of the molecule is CCNC(Cc1cccc(F)c1F)C1CCCC1C. The van der Waals surface area contributed by atoms with Gasteiger partial charge in [0.25, 0.3) is 0 Å². The van der Waals surface area contributed by atoms with Crippen LogP contribution in [-0.4, -0.2) is 12.6 Å². The van der Waals surface area contributed by atoms with Crippen molar-refractivity contribution in [3.8, 4) is 0 Å². The first-order valence-corrected chi connectivity index (χ1v) is 7.29. The van der Waals surface area contributed by atoms with Crippen LogP contribution in [0.5, 0.6) is 0 Å². The van der Waals surface area contributed by atoms with Crippen molar-refractivity contribution in [2.24, 2.45) is 11.8 Å². The molecule has 3 atom stereocenters. The van der Waals surface area contributed by atoms with E-state index in [0.29, 0.717) is 23.8 Å². The highest BCUT2D eigenvalue weighted by Gasteiger charge is 2.31.